The second-order valence-corrected chi connectivity index (χ2v) is 4.77. The van der Waals surface area contributed by atoms with Crippen molar-refractivity contribution in [3.8, 4) is 0 Å². The Balaban J connectivity index is 1.59. The van der Waals surface area contributed by atoms with Crippen LogP contribution in [0.5, 0.6) is 0 Å². The van der Waals surface area contributed by atoms with Gasteiger partial charge in [-0.3, -0.25) is 0 Å². The van der Waals surface area contributed by atoms with Gasteiger partial charge in [-0.25, -0.2) is 9.97 Å². The minimum Gasteiger partial charge on any atom is -0.381 e. The standard InChI is InChI=1S/C13H21N3O/c1-10-8-11(2)16-13(15-10)14-6-3-7-17-9-12-4-5-12/h8,12H,3-7,9H2,1-2H3,(H,14,15,16). The Labute approximate surface area is 103 Å². The maximum Gasteiger partial charge on any atom is 0.223 e. The molecule has 0 unspecified atom stereocenters. The van der Waals surface area contributed by atoms with Crippen LogP contribution in [0.25, 0.3) is 0 Å². The van der Waals surface area contributed by atoms with Crippen LogP contribution in [-0.2, 0) is 4.74 Å². The molecule has 94 valence electrons. The second kappa shape index (κ2) is 5.96. The summed E-state index contributed by atoms with van der Waals surface area (Å²) in [5.74, 6) is 1.58. The molecule has 1 aromatic rings. The molecule has 1 N–H and O–H groups in total. The van der Waals surface area contributed by atoms with Gasteiger partial charge in [-0.2, -0.15) is 0 Å². The van der Waals surface area contributed by atoms with Gasteiger partial charge in [0, 0.05) is 31.1 Å². The van der Waals surface area contributed by atoms with Gasteiger partial charge in [0.1, 0.15) is 0 Å². The van der Waals surface area contributed by atoms with Crippen molar-refractivity contribution in [2.24, 2.45) is 5.92 Å². The molecule has 4 heteroatoms. The van der Waals surface area contributed by atoms with E-state index in [0.717, 1.165) is 49.4 Å². The third kappa shape index (κ3) is 4.69. The van der Waals surface area contributed by atoms with Crippen molar-refractivity contribution >= 4 is 5.95 Å². The van der Waals surface area contributed by atoms with Crippen molar-refractivity contribution in [3.63, 3.8) is 0 Å². The second-order valence-electron chi connectivity index (χ2n) is 4.77. The average Bonchev–Trinajstić information content (AvgIpc) is 3.05. The fraction of sp³-hybridized carbons (Fsp3) is 0.692. The van der Waals surface area contributed by atoms with E-state index >= 15 is 0 Å². The first-order valence-corrected chi connectivity index (χ1v) is 6.38. The van der Waals surface area contributed by atoms with E-state index in [0.29, 0.717) is 0 Å². The first-order valence-electron chi connectivity index (χ1n) is 6.38. The Kier molecular flexibility index (Phi) is 4.31. The van der Waals surface area contributed by atoms with E-state index in [-0.39, 0.29) is 0 Å². The lowest BCUT2D eigenvalue weighted by atomic mass is 10.3. The highest BCUT2D eigenvalue weighted by atomic mass is 16.5. The van der Waals surface area contributed by atoms with Gasteiger partial charge in [0.15, 0.2) is 0 Å². The highest BCUT2D eigenvalue weighted by Crippen LogP contribution is 2.28. The van der Waals surface area contributed by atoms with E-state index in [2.05, 4.69) is 15.3 Å². The molecule has 0 aliphatic heterocycles. The molecule has 0 radical (unpaired) electrons. The van der Waals surface area contributed by atoms with Gasteiger partial charge in [-0.15, -0.1) is 0 Å². The fourth-order valence-corrected chi connectivity index (χ4v) is 1.71. The van der Waals surface area contributed by atoms with Gasteiger partial charge >= 0.3 is 0 Å². The number of ether oxygens (including phenoxy) is 1. The number of nitrogens with zero attached hydrogens (tertiary/aromatic N) is 2. The van der Waals surface area contributed by atoms with E-state index in [9.17, 15) is 0 Å². The van der Waals surface area contributed by atoms with E-state index < -0.39 is 0 Å². The zero-order chi connectivity index (χ0) is 12.1. The first-order chi connectivity index (χ1) is 8.24. The maximum atomic E-state index is 5.56. The molecular weight excluding hydrogens is 214 g/mol. The summed E-state index contributed by atoms with van der Waals surface area (Å²) in [6.45, 7) is 6.61. The number of hydrogen-bond acceptors (Lipinski definition) is 4. The molecule has 0 amide bonds. The molecule has 1 fully saturated rings. The van der Waals surface area contributed by atoms with Crippen LogP contribution in [0.1, 0.15) is 30.7 Å². The van der Waals surface area contributed by atoms with Crippen molar-refractivity contribution < 1.29 is 4.74 Å². The summed E-state index contributed by atoms with van der Waals surface area (Å²) in [5, 5.41) is 3.23. The molecule has 4 nitrogen and oxygen atoms in total. The van der Waals surface area contributed by atoms with Gasteiger partial charge in [-0.1, -0.05) is 0 Å². The molecule has 1 aliphatic rings. The number of nitrogens with one attached hydrogen (secondary N) is 1. The van der Waals surface area contributed by atoms with Crippen molar-refractivity contribution in [3.05, 3.63) is 17.5 Å². The van der Waals surface area contributed by atoms with E-state index in [1.54, 1.807) is 0 Å². The lowest BCUT2D eigenvalue weighted by Crippen LogP contribution is -2.10. The van der Waals surface area contributed by atoms with Crippen LogP contribution < -0.4 is 5.32 Å². The highest BCUT2D eigenvalue weighted by Gasteiger charge is 2.20. The van der Waals surface area contributed by atoms with E-state index in [1.807, 2.05) is 19.9 Å². The van der Waals surface area contributed by atoms with Crippen LogP contribution in [0.15, 0.2) is 6.07 Å². The Hall–Kier alpha value is -1.16. The number of aromatic nitrogens is 2. The third-order valence-corrected chi connectivity index (χ3v) is 2.78. The Morgan fingerprint density at radius 3 is 2.65 bits per heavy atom. The first kappa shape index (κ1) is 12.3. The Morgan fingerprint density at radius 1 is 1.29 bits per heavy atom. The number of hydrogen-bond donors (Lipinski definition) is 1. The normalized spacial score (nSPS) is 14.9. The Bertz CT molecular complexity index is 343. The Morgan fingerprint density at radius 2 is 2.00 bits per heavy atom. The molecule has 0 saturated heterocycles. The molecule has 0 aromatic carbocycles. The van der Waals surface area contributed by atoms with Crippen LogP contribution in [0.4, 0.5) is 5.95 Å². The molecule has 1 heterocycles. The van der Waals surface area contributed by atoms with Crippen LogP contribution >= 0.6 is 0 Å². The van der Waals surface area contributed by atoms with Crippen LogP contribution in [0.2, 0.25) is 0 Å². The largest absolute Gasteiger partial charge is 0.381 e. The summed E-state index contributed by atoms with van der Waals surface area (Å²) in [6.07, 6.45) is 3.71. The van der Waals surface area contributed by atoms with E-state index in [1.165, 1.54) is 12.8 Å². The molecule has 1 aromatic heterocycles. The van der Waals surface area contributed by atoms with Crippen LogP contribution in [0.3, 0.4) is 0 Å². The molecule has 0 bridgehead atoms. The predicted molar refractivity (Wildman–Crippen MR) is 68.2 cm³/mol. The molecule has 1 aliphatic carbocycles. The summed E-state index contributed by atoms with van der Waals surface area (Å²) in [6, 6.07) is 1.98. The number of anilines is 1. The summed E-state index contributed by atoms with van der Waals surface area (Å²) >= 11 is 0. The summed E-state index contributed by atoms with van der Waals surface area (Å²) in [7, 11) is 0. The van der Waals surface area contributed by atoms with E-state index in [4.69, 9.17) is 4.74 Å². The molecule has 2 rings (SSSR count). The van der Waals surface area contributed by atoms with Crippen molar-refractivity contribution in [2.45, 2.75) is 33.1 Å². The molecular formula is C13H21N3O. The van der Waals surface area contributed by atoms with Crippen molar-refractivity contribution in [1.29, 1.82) is 0 Å². The van der Waals surface area contributed by atoms with Crippen molar-refractivity contribution in [1.82, 2.24) is 9.97 Å². The van der Waals surface area contributed by atoms with Gasteiger partial charge in [0.05, 0.1) is 0 Å². The summed E-state index contributed by atoms with van der Waals surface area (Å²) in [5.41, 5.74) is 2.01. The summed E-state index contributed by atoms with van der Waals surface area (Å²) in [4.78, 5) is 8.65. The van der Waals surface area contributed by atoms with Crippen molar-refractivity contribution in [2.75, 3.05) is 25.1 Å². The average molecular weight is 235 g/mol. The van der Waals surface area contributed by atoms with Crippen LogP contribution in [0, 0.1) is 19.8 Å². The SMILES string of the molecule is Cc1cc(C)nc(NCCCOCC2CC2)n1. The maximum absolute atomic E-state index is 5.56. The highest BCUT2D eigenvalue weighted by molar-refractivity contribution is 5.27. The fourth-order valence-electron chi connectivity index (χ4n) is 1.71. The zero-order valence-corrected chi connectivity index (χ0v) is 10.7. The topological polar surface area (TPSA) is 47.0 Å². The molecule has 1 saturated carbocycles. The number of rotatable bonds is 7. The summed E-state index contributed by atoms with van der Waals surface area (Å²) < 4.78 is 5.56. The van der Waals surface area contributed by atoms with Gasteiger partial charge < -0.3 is 10.1 Å². The van der Waals surface area contributed by atoms with Gasteiger partial charge in [-0.05, 0) is 45.1 Å². The van der Waals surface area contributed by atoms with Gasteiger partial charge in [0.2, 0.25) is 5.95 Å². The molecule has 17 heavy (non-hydrogen) atoms. The molecule has 0 atom stereocenters. The lowest BCUT2D eigenvalue weighted by Gasteiger charge is -2.06. The smallest absolute Gasteiger partial charge is 0.223 e. The monoisotopic (exact) mass is 235 g/mol. The minimum absolute atomic E-state index is 0.727. The third-order valence-electron chi connectivity index (χ3n) is 2.78. The number of aryl methyl sites for hydroxylation is 2. The zero-order valence-electron chi connectivity index (χ0n) is 10.7. The van der Waals surface area contributed by atoms with Gasteiger partial charge in [0.25, 0.3) is 0 Å². The molecule has 0 spiro atoms. The van der Waals surface area contributed by atoms with Crippen LogP contribution in [-0.4, -0.2) is 29.7 Å². The lowest BCUT2D eigenvalue weighted by molar-refractivity contribution is 0.124. The minimum atomic E-state index is 0.727. The predicted octanol–water partition coefficient (Wildman–Crippen LogP) is 2.32. The quantitative estimate of drug-likeness (QED) is 0.737.